The van der Waals surface area contributed by atoms with Gasteiger partial charge in [0.15, 0.2) is 0 Å². The van der Waals surface area contributed by atoms with Gasteiger partial charge in [-0.15, -0.1) is 6.42 Å². The average Bonchev–Trinajstić information content (AvgIpc) is 2.50. The maximum Gasteiger partial charge on any atom is 0.0601 e. The van der Waals surface area contributed by atoms with Crippen molar-refractivity contribution in [1.29, 1.82) is 0 Å². The molecule has 1 rings (SSSR count). The molecule has 1 heterocycles. The van der Waals surface area contributed by atoms with Crippen LogP contribution in [0, 0.1) is 12.3 Å². The number of hydrogen-bond donors (Lipinski definition) is 1. The fourth-order valence-electron chi connectivity index (χ4n) is 1.87. The van der Waals surface area contributed by atoms with Gasteiger partial charge in [-0.1, -0.05) is 5.92 Å². The van der Waals surface area contributed by atoms with E-state index in [1.165, 1.54) is 12.8 Å². The molecule has 0 bridgehead atoms. The molecule has 0 amide bonds. The molecule has 0 spiro atoms. The van der Waals surface area contributed by atoms with Crippen molar-refractivity contribution in [3.8, 4) is 12.3 Å². The Bertz CT molecular complexity index is 162. The van der Waals surface area contributed by atoms with Gasteiger partial charge >= 0.3 is 0 Å². The molecule has 1 saturated heterocycles. The minimum Gasteiger partial charge on any atom is -0.396 e. The van der Waals surface area contributed by atoms with Gasteiger partial charge in [-0.05, 0) is 32.2 Å². The van der Waals surface area contributed by atoms with Gasteiger partial charge in [-0.2, -0.15) is 0 Å². The summed E-state index contributed by atoms with van der Waals surface area (Å²) in [5.41, 5.74) is 0. The summed E-state index contributed by atoms with van der Waals surface area (Å²) in [5, 5.41) is 8.68. The van der Waals surface area contributed by atoms with Crippen LogP contribution in [0.2, 0.25) is 0 Å². The Morgan fingerprint density at radius 3 is 3.08 bits per heavy atom. The lowest BCUT2D eigenvalue weighted by atomic mass is 10.1. The molecule has 0 aliphatic carbocycles. The Morgan fingerprint density at radius 2 is 2.42 bits per heavy atom. The molecule has 1 N–H and O–H groups in total. The number of hydrogen-bond acceptors (Lipinski definition) is 2. The molecular formula is C10H17NO. The van der Waals surface area contributed by atoms with Crippen molar-refractivity contribution in [2.24, 2.45) is 0 Å². The molecule has 68 valence electrons. The Hall–Kier alpha value is -0.520. The van der Waals surface area contributed by atoms with E-state index < -0.39 is 0 Å². The predicted molar refractivity (Wildman–Crippen MR) is 49.7 cm³/mol. The Kier molecular flexibility index (Phi) is 4.13. The highest BCUT2D eigenvalue weighted by atomic mass is 16.2. The third-order valence-corrected chi connectivity index (χ3v) is 2.49. The molecular weight excluding hydrogens is 150 g/mol. The average molecular weight is 167 g/mol. The van der Waals surface area contributed by atoms with Crippen LogP contribution in [0.15, 0.2) is 0 Å². The summed E-state index contributed by atoms with van der Waals surface area (Å²) in [7, 11) is 0. The number of nitrogens with zero attached hydrogens (tertiary/aromatic N) is 1. The summed E-state index contributed by atoms with van der Waals surface area (Å²) in [6, 6.07) is 0.633. The monoisotopic (exact) mass is 167 g/mol. The van der Waals surface area contributed by atoms with E-state index in [1.54, 1.807) is 0 Å². The highest BCUT2D eigenvalue weighted by Crippen LogP contribution is 2.20. The summed E-state index contributed by atoms with van der Waals surface area (Å²) in [4.78, 5) is 2.34. The quantitative estimate of drug-likeness (QED) is 0.628. The third-order valence-electron chi connectivity index (χ3n) is 2.49. The zero-order chi connectivity index (χ0) is 8.81. The molecule has 0 aromatic rings. The van der Waals surface area contributed by atoms with Gasteiger partial charge in [0.2, 0.25) is 0 Å². The molecule has 0 aromatic carbocycles. The first-order valence-electron chi connectivity index (χ1n) is 4.67. The minimum absolute atomic E-state index is 0.306. The van der Waals surface area contributed by atoms with Crippen LogP contribution in [0.25, 0.3) is 0 Å². The minimum atomic E-state index is 0.306. The van der Waals surface area contributed by atoms with Crippen molar-refractivity contribution >= 4 is 0 Å². The molecule has 0 aromatic heterocycles. The van der Waals surface area contributed by atoms with Gasteiger partial charge in [0.1, 0.15) is 0 Å². The number of likely N-dealkylation sites (tertiary alicyclic amines) is 1. The van der Waals surface area contributed by atoms with Crippen molar-refractivity contribution < 1.29 is 5.11 Å². The second kappa shape index (κ2) is 5.18. The van der Waals surface area contributed by atoms with Crippen LogP contribution in [-0.4, -0.2) is 35.7 Å². The largest absolute Gasteiger partial charge is 0.396 e. The molecule has 0 saturated carbocycles. The van der Waals surface area contributed by atoms with Crippen LogP contribution in [-0.2, 0) is 0 Å². The number of terminal acetylenes is 1. The summed E-state index contributed by atoms with van der Waals surface area (Å²) in [6.07, 6.45) is 9.78. The second-order valence-corrected chi connectivity index (χ2v) is 3.34. The standard InChI is InChI=1S/C10H17NO/c1-2-7-11-8-3-5-10(11)6-4-9-12/h1,10,12H,3-9H2. The molecule has 12 heavy (non-hydrogen) atoms. The molecule has 0 radical (unpaired) electrons. The predicted octanol–water partition coefficient (Wildman–Crippen LogP) is 0.856. The lowest BCUT2D eigenvalue weighted by Gasteiger charge is -2.21. The number of aliphatic hydroxyl groups excluding tert-OH is 1. The maximum absolute atomic E-state index is 8.68. The number of aliphatic hydroxyl groups is 1. The molecule has 1 aliphatic rings. The van der Waals surface area contributed by atoms with E-state index in [0.717, 1.165) is 25.9 Å². The first kappa shape index (κ1) is 9.57. The van der Waals surface area contributed by atoms with E-state index in [2.05, 4.69) is 10.8 Å². The van der Waals surface area contributed by atoms with Gasteiger partial charge in [0, 0.05) is 12.6 Å². The van der Waals surface area contributed by atoms with E-state index in [1.807, 2.05) is 0 Å². The Morgan fingerprint density at radius 1 is 1.58 bits per heavy atom. The van der Waals surface area contributed by atoms with Crippen molar-refractivity contribution in [2.75, 3.05) is 19.7 Å². The van der Waals surface area contributed by atoms with Gasteiger partial charge in [0.25, 0.3) is 0 Å². The summed E-state index contributed by atoms with van der Waals surface area (Å²) in [5.74, 6) is 2.68. The van der Waals surface area contributed by atoms with Crippen LogP contribution in [0.1, 0.15) is 25.7 Å². The van der Waals surface area contributed by atoms with Gasteiger partial charge < -0.3 is 5.11 Å². The van der Waals surface area contributed by atoms with Crippen molar-refractivity contribution in [2.45, 2.75) is 31.7 Å². The van der Waals surface area contributed by atoms with Crippen molar-refractivity contribution in [3.63, 3.8) is 0 Å². The van der Waals surface area contributed by atoms with E-state index in [4.69, 9.17) is 11.5 Å². The normalized spacial score (nSPS) is 24.2. The highest BCUT2D eigenvalue weighted by molar-refractivity contribution is 4.92. The molecule has 2 nitrogen and oxygen atoms in total. The number of rotatable bonds is 4. The highest BCUT2D eigenvalue weighted by Gasteiger charge is 2.22. The summed E-state index contributed by atoms with van der Waals surface area (Å²) < 4.78 is 0. The van der Waals surface area contributed by atoms with E-state index in [-0.39, 0.29) is 0 Å². The first-order valence-corrected chi connectivity index (χ1v) is 4.67. The molecule has 2 heteroatoms. The lowest BCUT2D eigenvalue weighted by Crippen LogP contribution is -2.29. The van der Waals surface area contributed by atoms with Crippen molar-refractivity contribution in [1.82, 2.24) is 4.90 Å². The molecule has 1 aliphatic heterocycles. The van der Waals surface area contributed by atoms with E-state index >= 15 is 0 Å². The van der Waals surface area contributed by atoms with E-state index in [0.29, 0.717) is 12.6 Å². The van der Waals surface area contributed by atoms with Crippen LogP contribution >= 0.6 is 0 Å². The fourth-order valence-corrected chi connectivity index (χ4v) is 1.87. The Balaban J connectivity index is 2.26. The zero-order valence-corrected chi connectivity index (χ0v) is 7.50. The SMILES string of the molecule is C#CCN1CCCC1CCCO. The smallest absolute Gasteiger partial charge is 0.0601 e. The fraction of sp³-hybridized carbons (Fsp3) is 0.800. The Labute approximate surface area is 74.6 Å². The second-order valence-electron chi connectivity index (χ2n) is 3.34. The molecule has 1 fully saturated rings. The summed E-state index contributed by atoms with van der Waals surface area (Å²) >= 11 is 0. The van der Waals surface area contributed by atoms with Crippen molar-refractivity contribution in [3.05, 3.63) is 0 Å². The summed E-state index contributed by atoms with van der Waals surface area (Å²) in [6.45, 7) is 2.22. The zero-order valence-electron chi connectivity index (χ0n) is 7.50. The van der Waals surface area contributed by atoms with Gasteiger partial charge in [-0.3, -0.25) is 4.90 Å². The third kappa shape index (κ3) is 2.51. The first-order chi connectivity index (χ1) is 5.88. The topological polar surface area (TPSA) is 23.5 Å². The van der Waals surface area contributed by atoms with Gasteiger partial charge in [-0.25, -0.2) is 0 Å². The van der Waals surface area contributed by atoms with Crippen LogP contribution < -0.4 is 0 Å². The van der Waals surface area contributed by atoms with E-state index in [9.17, 15) is 0 Å². The van der Waals surface area contributed by atoms with Crippen LogP contribution in [0.5, 0.6) is 0 Å². The lowest BCUT2D eigenvalue weighted by molar-refractivity contribution is 0.232. The van der Waals surface area contributed by atoms with Gasteiger partial charge in [0.05, 0.1) is 6.54 Å². The van der Waals surface area contributed by atoms with Crippen LogP contribution in [0.3, 0.4) is 0 Å². The maximum atomic E-state index is 8.68. The molecule has 1 atom stereocenters. The van der Waals surface area contributed by atoms with Crippen LogP contribution in [0.4, 0.5) is 0 Å². The molecule has 1 unspecified atom stereocenters.